The average molecular weight is 459 g/mol. The van der Waals surface area contributed by atoms with Gasteiger partial charge in [-0.1, -0.05) is 30.3 Å². The predicted octanol–water partition coefficient (Wildman–Crippen LogP) is 5.00. The summed E-state index contributed by atoms with van der Waals surface area (Å²) in [5.41, 5.74) is 4.16. The molecule has 7 heteroatoms. The molecule has 1 aliphatic rings. The molecule has 1 aliphatic heterocycles. The van der Waals surface area contributed by atoms with Gasteiger partial charge in [-0.05, 0) is 61.9 Å². The Hall–Kier alpha value is -4.00. The summed E-state index contributed by atoms with van der Waals surface area (Å²) < 4.78 is 5.55. The van der Waals surface area contributed by atoms with Crippen molar-refractivity contribution in [2.45, 2.75) is 13.8 Å². The molecule has 1 fully saturated rings. The molecule has 3 aromatic rings. The van der Waals surface area contributed by atoms with E-state index >= 15 is 0 Å². The van der Waals surface area contributed by atoms with Gasteiger partial charge in [-0.25, -0.2) is 4.79 Å². The van der Waals surface area contributed by atoms with Gasteiger partial charge in [0.25, 0.3) is 5.91 Å². The standard InChI is InChI=1S/C27H30N4O3/c1-3-34-25-11-7-6-10-24(25)29-27(33)28-21-12-14-22(15-13-21)30-16-18-31(19-17-30)26(32)23-9-5-4-8-20(23)2/h4-15H,3,16-19H2,1-2H3,(H2,28,29,33). The van der Waals surface area contributed by atoms with E-state index in [-0.39, 0.29) is 11.9 Å². The van der Waals surface area contributed by atoms with Crippen LogP contribution in [0.2, 0.25) is 0 Å². The Morgan fingerprint density at radius 2 is 1.53 bits per heavy atom. The van der Waals surface area contributed by atoms with E-state index in [1.807, 2.05) is 85.5 Å². The van der Waals surface area contributed by atoms with Crippen LogP contribution in [-0.2, 0) is 0 Å². The fourth-order valence-electron chi connectivity index (χ4n) is 4.04. The van der Waals surface area contributed by atoms with Gasteiger partial charge >= 0.3 is 6.03 Å². The summed E-state index contributed by atoms with van der Waals surface area (Å²) in [6.45, 7) is 7.27. The van der Waals surface area contributed by atoms with Crippen LogP contribution in [0.1, 0.15) is 22.8 Å². The highest BCUT2D eigenvalue weighted by molar-refractivity contribution is 6.00. The minimum Gasteiger partial charge on any atom is -0.492 e. The lowest BCUT2D eigenvalue weighted by Gasteiger charge is -2.36. The van der Waals surface area contributed by atoms with Crippen molar-refractivity contribution in [3.63, 3.8) is 0 Å². The third-order valence-corrected chi connectivity index (χ3v) is 5.87. The highest BCUT2D eigenvalue weighted by Crippen LogP contribution is 2.24. The number of para-hydroxylation sites is 2. The summed E-state index contributed by atoms with van der Waals surface area (Å²) >= 11 is 0. The zero-order valence-electron chi connectivity index (χ0n) is 19.6. The topological polar surface area (TPSA) is 73.9 Å². The maximum atomic E-state index is 12.9. The number of anilines is 3. The lowest BCUT2D eigenvalue weighted by Crippen LogP contribution is -2.48. The Labute approximate surface area is 200 Å². The number of rotatable bonds is 6. The second-order valence-electron chi connectivity index (χ2n) is 8.15. The molecule has 0 unspecified atom stereocenters. The van der Waals surface area contributed by atoms with E-state index in [9.17, 15) is 9.59 Å². The highest BCUT2D eigenvalue weighted by atomic mass is 16.5. The van der Waals surface area contributed by atoms with E-state index in [0.717, 1.165) is 29.9 Å². The van der Waals surface area contributed by atoms with E-state index in [1.165, 1.54) is 0 Å². The summed E-state index contributed by atoms with van der Waals surface area (Å²) in [5.74, 6) is 0.727. The number of carbonyl (C=O) groups excluding carboxylic acids is 2. The molecule has 0 spiro atoms. The normalized spacial score (nSPS) is 13.4. The molecule has 0 saturated carbocycles. The molecule has 0 bridgehead atoms. The summed E-state index contributed by atoms with van der Waals surface area (Å²) in [6, 6.07) is 22.5. The zero-order chi connectivity index (χ0) is 23.9. The quantitative estimate of drug-likeness (QED) is 0.545. The van der Waals surface area contributed by atoms with Crippen LogP contribution in [0, 0.1) is 6.92 Å². The largest absolute Gasteiger partial charge is 0.492 e. The van der Waals surface area contributed by atoms with Crippen molar-refractivity contribution in [2.75, 3.05) is 48.3 Å². The lowest BCUT2D eigenvalue weighted by molar-refractivity contribution is 0.0746. The monoisotopic (exact) mass is 458 g/mol. The van der Waals surface area contributed by atoms with Crippen LogP contribution in [0.25, 0.3) is 0 Å². The number of benzene rings is 3. The molecular formula is C27H30N4O3. The van der Waals surface area contributed by atoms with Crippen LogP contribution in [0.15, 0.2) is 72.8 Å². The first-order valence-electron chi connectivity index (χ1n) is 11.5. The van der Waals surface area contributed by atoms with Crippen molar-refractivity contribution in [1.82, 2.24) is 4.90 Å². The number of hydrogen-bond acceptors (Lipinski definition) is 4. The first-order valence-corrected chi connectivity index (χ1v) is 11.5. The third kappa shape index (κ3) is 5.49. The molecule has 176 valence electrons. The summed E-state index contributed by atoms with van der Waals surface area (Å²) in [5, 5.41) is 5.69. The number of piperazine rings is 1. The van der Waals surface area contributed by atoms with Crippen molar-refractivity contribution in [3.05, 3.63) is 83.9 Å². The maximum absolute atomic E-state index is 12.9. The number of amides is 3. The van der Waals surface area contributed by atoms with Gasteiger partial charge in [0.05, 0.1) is 12.3 Å². The number of aryl methyl sites for hydroxylation is 1. The molecule has 0 aromatic heterocycles. The molecule has 0 aliphatic carbocycles. The lowest BCUT2D eigenvalue weighted by atomic mass is 10.1. The van der Waals surface area contributed by atoms with Gasteiger partial charge in [0.2, 0.25) is 0 Å². The molecule has 34 heavy (non-hydrogen) atoms. The highest BCUT2D eigenvalue weighted by Gasteiger charge is 2.23. The van der Waals surface area contributed by atoms with Gasteiger partial charge in [0, 0.05) is 43.1 Å². The fraction of sp³-hybridized carbons (Fsp3) is 0.259. The number of urea groups is 1. The molecule has 7 nitrogen and oxygen atoms in total. The summed E-state index contributed by atoms with van der Waals surface area (Å²) in [6.07, 6.45) is 0. The van der Waals surface area contributed by atoms with Gasteiger partial charge in [0.15, 0.2) is 0 Å². The van der Waals surface area contributed by atoms with E-state index < -0.39 is 0 Å². The smallest absolute Gasteiger partial charge is 0.323 e. The molecular weight excluding hydrogens is 428 g/mol. The van der Waals surface area contributed by atoms with Crippen molar-refractivity contribution < 1.29 is 14.3 Å². The van der Waals surface area contributed by atoms with Gasteiger partial charge in [0.1, 0.15) is 5.75 Å². The minimum absolute atomic E-state index is 0.0919. The van der Waals surface area contributed by atoms with Crippen LogP contribution < -0.4 is 20.3 Å². The number of nitrogens with one attached hydrogen (secondary N) is 2. The van der Waals surface area contributed by atoms with Crippen LogP contribution >= 0.6 is 0 Å². The second-order valence-corrected chi connectivity index (χ2v) is 8.15. The van der Waals surface area contributed by atoms with E-state index in [4.69, 9.17) is 4.74 Å². The van der Waals surface area contributed by atoms with Crippen LogP contribution in [0.4, 0.5) is 21.9 Å². The second kappa shape index (κ2) is 10.7. The van der Waals surface area contributed by atoms with Crippen LogP contribution in [0.5, 0.6) is 5.75 Å². The summed E-state index contributed by atoms with van der Waals surface area (Å²) in [4.78, 5) is 29.5. The van der Waals surface area contributed by atoms with E-state index in [1.54, 1.807) is 6.07 Å². The van der Waals surface area contributed by atoms with Gasteiger partial charge in [-0.2, -0.15) is 0 Å². The zero-order valence-corrected chi connectivity index (χ0v) is 19.6. The van der Waals surface area contributed by atoms with Crippen molar-refractivity contribution in [1.29, 1.82) is 0 Å². The van der Waals surface area contributed by atoms with E-state index in [0.29, 0.717) is 36.8 Å². The predicted molar refractivity (Wildman–Crippen MR) is 136 cm³/mol. The number of ether oxygens (including phenoxy) is 1. The molecule has 3 aromatic carbocycles. The molecule has 1 saturated heterocycles. The Kier molecular flexibility index (Phi) is 7.32. The average Bonchev–Trinajstić information content (AvgIpc) is 2.86. The Morgan fingerprint density at radius 3 is 2.24 bits per heavy atom. The van der Waals surface area contributed by atoms with Gasteiger partial charge < -0.3 is 25.2 Å². The third-order valence-electron chi connectivity index (χ3n) is 5.87. The Morgan fingerprint density at radius 1 is 0.853 bits per heavy atom. The first-order chi connectivity index (χ1) is 16.5. The van der Waals surface area contributed by atoms with Gasteiger partial charge in [-0.3, -0.25) is 4.79 Å². The van der Waals surface area contributed by atoms with Crippen LogP contribution in [0.3, 0.4) is 0 Å². The molecule has 0 radical (unpaired) electrons. The maximum Gasteiger partial charge on any atom is 0.323 e. The molecule has 3 amide bonds. The molecule has 0 atom stereocenters. The number of nitrogens with zero attached hydrogens (tertiary/aromatic N) is 2. The van der Waals surface area contributed by atoms with Gasteiger partial charge in [-0.15, -0.1) is 0 Å². The Bertz CT molecular complexity index is 1140. The molecule has 2 N–H and O–H groups in total. The number of carbonyl (C=O) groups is 2. The molecule has 4 rings (SSSR count). The van der Waals surface area contributed by atoms with Crippen molar-refractivity contribution in [3.8, 4) is 5.75 Å². The minimum atomic E-state index is -0.330. The Balaban J connectivity index is 1.31. The summed E-state index contributed by atoms with van der Waals surface area (Å²) in [7, 11) is 0. The fourth-order valence-corrected chi connectivity index (χ4v) is 4.04. The SMILES string of the molecule is CCOc1ccccc1NC(=O)Nc1ccc(N2CCN(C(=O)c3ccccc3C)CC2)cc1. The first kappa shape index (κ1) is 23.2. The van der Waals surface area contributed by atoms with Crippen LogP contribution in [-0.4, -0.2) is 49.6 Å². The van der Waals surface area contributed by atoms with E-state index in [2.05, 4.69) is 15.5 Å². The molecule has 1 heterocycles. The van der Waals surface area contributed by atoms with Crippen molar-refractivity contribution >= 4 is 29.0 Å². The van der Waals surface area contributed by atoms with Crippen molar-refractivity contribution in [2.24, 2.45) is 0 Å². The number of hydrogen-bond donors (Lipinski definition) is 2.